The molecule has 5 heterocycles. The van der Waals surface area contributed by atoms with Crippen molar-refractivity contribution in [3.05, 3.63) is 40.6 Å². The Balaban J connectivity index is 1.43. The third-order valence-corrected chi connectivity index (χ3v) is 32.0. The largest absolute Gasteiger partial charge is 0.471 e. The molecule has 3 aromatic rings. The maximum absolute atomic E-state index is 7.45. The lowest BCUT2D eigenvalue weighted by molar-refractivity contribution is -0.0550. The van der Waals surface area contributed by atoms with E-state index in [1.54, 1.807) is 0 Å². The van der Waals surface area contributed by atoms with Gasteiger partial charge in [0.2, 0.25) is 11.8 Å². The Kier molecular flexibility index (Phi) is 10.8. The number of nitrogens with zero attached hydrogens (tertiary/aromatic N) is 5. The van der Waals surface area contributed by atoms with Crippen LogP contribution < -0.4 is 8.97 Å². The smallest absolute Gasteiger partial charge is 0.335 e. The molecule has 0 spiro atoms. The van der Waals surface area contributed by atoms with Crippen LogP contribution in [-0.2, 0) is 24.3 Å². The van der Waals surface area contributed by atoms with Crippen molar-refractivity contribution in [2.24, 2.45) is 0 Å². The SMILES string of the molecule is CC(C)[Si]1(C(C)C)OC[C@H]2O[C@@H](n3c(Br)nc4c(OCc5ccccc5)nc(N5[Si](C)(C)CC[Si]5(C)C)nc43)C[C@H]2O[Si](C(C)C)(C(C)C)O1. The summed E-state index contributed by atoms with van der Waals surface area (Å²) in [6, 6.07) is 12.7. The molecule has 0 bridgehead atoms. The number of hydrogen-bond acceptors (Lipinski definition) is 9. The van der Waals surface area contributed by atoms with E-state index in [0.29, 0.717) is 41.4 Å². The number of benzene rings is 1. The quantitative estimate of drug-likeness (QED) is 0.155. The minimum atomic E-state index is -2.78. The second-order valence-electron chi connectivity index (χ2n) is 17.0. The molecular weight excluding hydrogens is 763 g/mol. The van der Waals surface area contributed by atoms with E-state index in [4.69, 9.17) is 37.4 Å². The van der Waals surface area contributed by atoms with Gasteiger partial charge in [0.05, 0.1) is 12.7 Å². The highest BCUT2D eigenvalue weighted by Crippen LogP contribution is 2.49. The Morgan fingerprint density at radius 2 is 1.42 bits per heavy atom. The maximum Gasteiger partial charge on any atom is 0.335 e. The summed E-state index contributed by atoms with van der Waals surface area (Å²) in [7, 11) is -9.05. The van der Waals surface area contributed by atoms with Gasteiger partial charge in [0.15, 0.2) is 15.9 Å². The molecule has 15 heteroatoms. The molecule has 6 rings (SSSR count). The number of rotatable bonds is 9. The molecule has 3 aliphatic rings. The Hall–Kier alpha value is -1.44. The normalized spacial score (nSPS) is 25.9. The van der Waals surface area contributed by atoms with Crippen molar-refractivity contribution in [1.29, 1.82) is 0 Å². The molecule has 50 heavy (non-hydrogen) atoms. The monoisotopic (exact) mass is 819 g/mol. The van der Waals surface area contributed by atoms with E-state index >= 15 is 0 Å². The van der Waals surface area contributed by atoms with Crippen LogP contribution in [-0.4, -0.2) is 71.9 Å². The van der Waals surface area contributed by atoms with E-state index in [2.05, 4.69) is 118 Å². The van der Waals surface area contributed by atoms with Crippen LogP contribution >= 0.6 is 15.9 Å². The van der Waals surface area contributed by atoms with Crippen molar-refractivity contribution < 1.29 is 22.4 Å². The highest BCUT2D eigenvalue weighted by Gasteiger charge is 2.60. The Morgan fingerprint density at radius 3 is 2.00 bits per heavy atom. The van der Waals surface area contributed by atoms with Gasteiger partial charge in [0.1, 0.15) is 35.4 Å². The molecule has 3 atom stereocenters. The fraction of sp³-hybridized carbons (Fsp3) is 0.686. The molecule has 276 valence electrons. The van der Waals surface area contributed by atoms with Gasteiger partial charge in [-0.05, 0) is 55.7 Å². The molecule has 0 amide bonds. The number of anilines is 1. The van der Waals surface area contributed by atoms with Crippen LogP contribution in [0.5, 0.6) is 5.88 Å². The zero-order valence-corrected chi connectivity index (χ0v) is 37.7. The molecule has 0 aliphatic carbocycles. The van der Waals surface area contributed by atoms with Crippen molar-refractivity contribution in [3.63, 3.8) is 0 Å². The van der Waals surface area contributed by atoms with Gasteiger partial charge in [-0.1, -0.05) is 112 Å². The molecule has 3 fully saturated rings. The van der Waals surface area contributed by atoms with E-state index in [0.717, 1.165) is 11.5 Å². The topological polar surface area (TPSA) is 93.0 Å². The number of fused-ring (bicyclic) bond motifs is 2. The fourth-order valence-corrected chi connectivity index (χ4v) is 34.2. The van der Waals surface area contributed by atoms with Crippen LogP contribution in [0.3, 0.4) is 0 Å². The first-order valence-corrected chi connectivity index (χ1v) is 29.6. The number of imidazole rings is 1. The minimum Gasteiger partial charge on any atom is -0.471 e. The summed E-state index contributed by atoms with van der Waals surface area (Å²) in [5, 5.41) is 0. The standard InChI is InChI=1S/C35H58BrN5O5Si4/c1-23(2)49(24(3)4)43-22-29-28(45-50(46-49,25(5)6)26(7)8)20-30(44-29)40-32-31(37-34(40)36)33(42-21-27-16-14-13-15-17-27)39-35(38-32)41-47(9,10)18-19-48(41,11)12/h13-17,23-26,28-30H,18-22H2,1-12H3/t28-,29-,30-/m1/s1. The van der Waals surface area contributed by atoms with Crippen LogP contribution in [0.1, 0.15) is 73.6 Å². The molecule has 2 aromatic heterocycles. The highest BCUT2D eigenvalue weighted by molar-refractivity contribution is 9.10. The van der Waals surface area contributed by atoms with E-state index < -0.39 is 33.6 Å². The Morgan fingerprint density at radius 1 is 0.820 bits per heavy atom. The average Bonchev–Trinajstić information content (AvgIpc) is 3.64. The van der Waals surface area contributed by atoms with E-state index in [9.17, 15) is 0 Å². The van der Waals surface area contributed by atoms with Gasteiger partial charge in [-0.15, -0.1) is 0 Å². The van der Waals surface area contributed by atoms with E-state index in [-0.39, 0.29) is 40.6 Å². The molecule has 3 aliphatic heterocycles. The predicted molar refractivity (Wildman–Crippen MR) is 213 cm³/mol. The number of halogens is 1. The van der Waals surface area contributed by atoms with Crippen LogP contribution in [0.4, 0.5) is 5.95 Å². The van der Waals surface area contributed by atoms with Gasteiger partial charge in [-0.2, -0.15) is 9.97 Å². The van der Waals surface area contributed by atoms with Gasteiger partial charge in [0.25, 0.3) is 0 Å². The van der Waals surface area contributed by atoms with Crippen LogP contribution in [0.15, 0.2) is 35.1 Å². The number of hydrogen-bond donors (Lipinski definition) is 0. The van der Waals surface area contributed by atoms with Crippen molar-refractivity contribution in [3.8, 4) is 5.88 Å². The van der Waals surface area contributed by atoms with Crippen LogP contribution in [0.25, 0.3) is 11.2 Å². The zero-order valence-electron chi connectivity index (χ0n) is 32.1. The lowest BCUT2D eigenvalue weighted by Gasteiger charge is -2.51. The Bertz CT molecular complexity index is 1640. The summed E-state index contributed by atoms with van der Waals surface area (Å²) in [6.45, 7) is 28.6. The second kappa shape index (κ2) is 14.1. The van der Waals surface area contributed by atoms with Crippen molar-refractivity contribution >= 4 is 66.6 Å². The van der Waals surface area contributed by atoms with Gasteiger partial charge < -0.3 is 26.7 Å². The zero-order chi connectivity index (χ0) is 36.4. The first kappa shape index (κ1) is 38.3. The van der Waals surface area contributed by atoms with E-state index in [1.807, 2.05) is 18.2 Å². The molecule has 1 aromatic carbocycles. The third-order valence-electron chi connectivity index (χ3n) is 11.2. The second-order valence-corrected chi connectivity index (χ2v) is 36.1. The van der Waals surface area contributed by atoms with Crippen LogP contribution in [0.2, 0.25) is 60.4 Å². The lowest BCUT2D eigenvalue weighted by Crippen LogP contribution is -2.65. The average molecular weight is 821 g/mol. The fourth-order valence-electron chi connectivity index (χ4n) is 8.58. The maximum atomic E-state index is 7.45. The van der Waals surface area contributed by atoms with Gasteiger partial charge >= 0.3 is 17.1 Å². The predicted octanol–water partition coefficient (Wildman–Crippen LogP) is 9.64. The lowest BCUT2D eigenvalue weighted by atomic mass is 10.2. The summed E-state index contributed by atoms with van der Waals surface area (Å²) >= 11 is 3.83. The molecule has 0 saturated carbocycles. The van der Waals surface area contributed by atoms with Gasteiger partial charge in [0, 0.05) is 6.42 Å². The summed E-state index contributed by atoms with van der Waals surface area (Å²) in [4.78, 5) is 15.5. The first-order valence-electron chi connectivity index (χ1n) is 18.5. The van der Waals surface area contributed by atoms with Gasteiger partial charge in [-0.3, -0.25) is 4.57 Å². The first-order chi connectivity index (χ1) is 23.4. The van der Waals surface area contributed by atoms with Crippen molar-refractivity contribution in [2.45, 2.75) is 147 Å². The molecule has 0 N–H and O–H groups in total. The number of ether oxygens (including phenoxy) is 2. The van der Waals surface area contributed by atoms with E-state index in [1.165, 1.54) is 12.1 Å². The summed E-state index contributed by atoms with van der Waals surface area (Å²) in [5.41, 5.74) is 3.45. The molecule has 10 nitrogen and oxygen atoms in total. The number of aromatic nitrogens is 4. The molecular formula is C35H58BrN5O5Si4. The third kappa shape index (κ3) is 6.76. The van der Waals surface area contributed by atoms with Crippen molar-refractivity contribution in [1.82, 2.24) is 19.5 Å². The summed E-state index contributed by atoms with van der Waals surface area (Å²) < 4.78 is 40.7. The van der Waals surface area contributed by atoms with Crippen molar-refractivity contribution in [2.75, 3.05) is 10.8 Å². The van der Waals surface area contributed by atoms with Crippen LogP contribution in [0, 0.1) is 0 Å². The summed E-state index contributed by atoms with van der Waals surface area (Å²) in [5.74, 6) is 1.26. The summed E-state index contributed by atoms with van der Waals surface area (Å²) in [6.07, 6.45) is -0.158. The highest BCUT2D eigenvalue weighted by atomic mass is 79.9. The molecule has 0 radical (unpaired) electrons. The molecule has 0 unspecified atom stereocenters. The van der Waals surface area contributed by atoms with Gasteiger partial charge in [-0.25, -0.2) is 4.98 Å². The minimum absolute atomic E-state index is 0.182. The Labute approximate surface area is 311 Å². The molecule has 3 saturated heterocycles.